The van der Waals surface area contributed by atoms with Gasteiger partial charge in [0, 0.05) is 6.20 Å². The average molecular weight is 405 g/mol. The molecule has 7 nitrogen and oxygen atoms in total. The van der Waals surface area contributed by atoms with Crippen LogP contribution in [0.1, 0.15) is 15.9 Å². The molecule has 0 aliphatic carbocycles. The van der Waals surface area contributed by atoms with Gasteiger partial charge in [-0.2, -0.15) is 4.99 Å². The Morgan fingerprint density at radius 2 is 1.97 bits per heavy atom. The van der Waals surface area contributed by atoms with Crippen LogP contribution >= 0.6 is 11.8 Å². The maximum atomic E-state index is 12.3. The minimum Gasteiger partial charge on any atom is -0.497 e. The Bertz CT molecular complexity index is 1100. The minimum atomic E-state index is -0.507. The number of amides is 1. The predicted octanol–water partition coefficient (Wildman–Crippen LogP) is 3.69. The van der Waals surface area contributed by atoms with Crippen molar-refractivity contribution in [2.75, 3.05) is 7.11 Å². The van der Waals surface area contributed by atoms with E-state index in [0.717, 1.165) is 0 Å². The number of methoxy groups -OCH3 is 1. The molecule has 2 aliphatic rings. The van der Waals surface area contributed by atoms with E-state index in [1.807, 2.05) is 0 Å². The summed E-state index contributed by atoms with van der Waals surface area (Å²) >= 11 is 1.29. The summed E-state index contributed by atoms with van der Waals surface area (Å²) in [7, 11) is 1.55. The van der Waals surface area contributed by atoms with Crippen LogP contribution in [0.2, 0.25) is 0 Å². The van der Waals surface area contributed by atoms with Crippen LogP contribution in [0.25, 0.3) is 6.08 Å². The first-order chi connectivity index (χ1) is 14.0. The van der Waals surface area contributed by atoms with E-state index in [-0.39, 0.29) is 11.4 Å². The summed E-state index contributed by atoms with van der Waals surface area (Å²) in [6.45, 7) is 0. The van der Waals surface area contributed by atoms with Gasteiger partial charge in [-0.1, -0.05) is 23.9 Å². The fourth-order valence-electron chi connectivity index (χ4n) is 2.76. The summed E-state index contributed by atoms with van der Waals surface area (Å²) in [6, 6.07) is 13.3. The quantitative estimate of drug-likeness (QED) is 0.474. The molecule has 0 saturated carbocycles. The van der Waals surface area contributed by atoms with E-state index in [1.54, 1.807) is 78.2 Å². The molecule has 2 aromatic rings. The number of carbonyl (C=O) groups excluding carboxylic acids is 2. The molecule has 0 spiro atoms. The molecular weight excluding hydrogens is 390 g/mol. The SMILES string of the molecule is COc1ccc(C(=O)Oc2cccc(/C=C3/C(=N)N4C=CSC4=NC3=O)c2)cc1. The van der Waals surface area contributed by atoms with Crippen molar-refractivity contribution in [2.24, 2.45) is 4.99 Å². The highest BCUT2D eigenvalue weighted by Crippen LogP contribution is 2.28. The number of benzene rings is 2. The molecule has 0 aromatic heterocycles. The van der Waals surface area contributed by atoms with Gasteiger partial charge in [-0.25, -0.2) is 4.79 Å². The Balaban J connectivity index is 1.55. The lowest BCUT2D eigenvalue weighted by atomic mass is 10.1. The second-order valence-corrected chi connectivity index (χ2v) is 6.94. The maximum absolute atomic E-state index is 12.3. The summed E-state index contributed by atoms with van der Waals surface area (Å²) in [6.07, 6.45) is 3.26. The van der Waals surface area contributed by atoms with Gasteiger partial charge in [0.15, 0.2) is 5.17 Å². The Morgan fingerprint density at radius 1 is 1.17 bits per heavy atom. The van der Waals surface area contributed by atoms with Crippen LogP contribution in [0.15, 0.2) is 70.7 Å². The fraction of sp³-hybridized carbons (Fsp3) is 0.0476. The molecule has 0 atom stereocenters. The van der Waals surface area contributed by atoms with E-state index < -0.39 is 11.9 Å². The first-order valence-electron chi connectivity index (χ1n) is 8.57. The van der Waals surface area contributed by atoms with Gasteiger partial charge in [0.05, 0.1) is 18.2 Å². The maximum Gasteiger partial charge on any atom is 0.343 e. The number of aliphatic imine (C=N–C) groups is 1. The molecule has 29 heavy (non-hydrogen) atoms. The zero-order valence-electron chi connectivity index (χ0n) is 15.3. The summed E-state index contributed by atoms with van der Waals surface area (Å²) in [5.74, 6) is 0.0509. The Morgan fingerprint density at radius 3 is 2.72 bits per heavy atom. The van der Waals surface area contributed by atoms with Gasteiger partial charge in [0.2, 0.25) is 0 Å². The third kappa shape index (κ3) is 3.83. The summed E-state index contributed by atoms with van der Waals surface area (Å²) in [5, 5.41) is 10.5. The Labute approximate surface area is 170 Å². The summed E-state index contributed by atoms with van der Waals surface area (Å²) < 4.78 is 10.5. The molecule has 4 rings (SSSR count). The molecule has 0 bridgehead atoms. The lowest BCUT2D eigenvalue weighted by molar-refractivity contribution is -0.114. The van der Waals surface area contributed by atoms with Crippen LogP contribution in [-0.2, 0) is 4.79 Å². The number of thioether (sulfide) groups is 1. The third-order valence-electron chi connectivity index (χ3n) is 4.22. The minimum absolute atomic E-state index is 0.0573. The number of fused-ring (bicyclic) bond motifs is 1. The predicted molar refractivity (Wildman–Crippen MR) is 111 cm³/mol. The monoisotopic (exact) mass is 405 g/mol. The molecule has 2 aromatic carbocycles. The standard InChI is InChI=1S/C21H15N3O4S/c1-27-15-7-5-14(6-8-15)20(26)28-16-4-2-3-13(11-16)12-17-18(22)24-9-10-29-21(24)23-19(17)25/h2-12,22H,1H3/b17-12-,22-18?. The second-order valence-electron chi connectivity index (χ2n) is 6.07. The van der Waals surface area contributed by atoms with Crippen LogP contribution < -0.4 is 9.47 Å². The van der Waals surface area contributed by atoms with E-state index in [4.69, 9.17) is 14.9 Å². The van der Waals surface area contributed by atoms with Gasteiger partial charge in [0.25, 0.3) is 5.91 Å². The highest BCUT2D eigenvalue weighted by molar-refractivity contribution is 8.16. The molecule has 0 saturated heterocycles. The number of nitrogens with one attached hydrogen (secondary N) is 1. The number of ether oxygens (including phenoxy) is 2. The lowest BCUT2D eigenvalue weighted by Gasteiger charge is -2.22. The lowest BCUT2D eigenvalue weighted by Crippen LogP contribution is -2.35. The normalized spacial score (nSPS) is 16.7. The number of rotatable bonds is 4. The summed E-state index contributed by atoms with van der Waals surface area (Å²) in [4.78, 5) is 30.2. The van der Waals surface area contributed by atoms with Crippen LogP contribution in [0.5, 0.6) is 11.5 Å². The van der Waals surface area contributed by atoms with E-state index in [9.17, 15) is 9.59 Å². The number of amidine groups is 2. The van der Waals surface area contributed by atoms with Crippen molar-refractivity contribution < 1.29 is 19.1 Å². The van der Waals surface area contributed by atoms with Crippen molar-refractivity contribution in [1.82, 2.24) is 4.90 Å². The molecule has 0 fully saturated rings. The van der Waals surface area contributed by atoms with Gasteiger partial charge < -0.3 is 9.47 Å². The van der Waals surface area contributed by atoms with E-state index in [2.05, 4.69) is 4.99 Å². The highest BCUT2D eigenvalue weighted by Gasteiger charge is 2.30. The molecule has 2 aliphatic heterocycles. The van der Waals surface area contributed by atoms with Crippen LogP contribution in [0.3, 0.4) is 0 Å². The smallest absolute Gasteiger partial charge is 0.343 e. The fourth-order valence-corrected chi connectivity index (χ4v) is 3.46. The van der Waals surface area contributed by atoms with Crippen molar-refractivity contribution >= 4 is 40.7 Å². The van der Waals surface area contributed by atoms with Gasteiger partial charge in [0.1, 0.15) is 17.3 Å². The zero-order chi connectivity index (χ0) is 20.4. The van der Waals surface area contributed by atoms with E-state index in [1.165, 1.54) is 11.8 Å². The van der Waals surface area contributed by atoms with Gasteiger partial charge >= 0.3 is 5.97 Å². The largest absolute Gasteiger partial charge is 0.497 e. The van der Waals surface area contributed by atoms with E-state index in [0.29, 0.717) is 27.8 Å². The van der Waals surface area contributed by atoms with Crippen LogP contribution in [0, 0.1) is 5.41 Å². The van der Waals surface area contributed by atoms with E-state index >= 15 is 0 Å². The molecule has 2 heterocycles. The number of hydrogen-bond donors (Lipinski definition) is 1. The molecule has 8 heteroatoms. The highest BCUT2D eigenvalue weighted by atomic mass is 32.2. The molecule has 1 amide bonds. The first kappa shape index (κ1) is 18.7. The molecular formula is C21H15N3O4S. The molecule has 0 unspecified atom stereocenters. The second kappa shape index (κ2) is 7.76. The van der Waals surface area contributed by atoms with Gasteiger partial charge in [-0.05, 0) is 53.4 Å². The van der Waals surface area contributed by atoms with Gasteiger partial charge in [-0.3, -0.25) is 15.1 Å². The number of nitrogens with zero attached hydrogens (tertiary/aromatic N) is 2. The van der Waals surface area contributed by atoms with Crippen molar-refractivity contribution in [3.8, 4) is 11.5 Å². The van der Waals surface area contributed by atoms with Crippen molar-refractivity contribution in [3.05, 3.63) is 76.8 Å². The Hall–Kier alpha value is -3.65. The first-order valence-corrected chi connectivity index (χ1v) is 9.45. The number of carbonyl (C=O) groups is 2. The number of hydrogen-bond acceptors (Lipinski definition) is 6. The van der Waals surface area contributed by atoms with Gasteiger partial charge in [-0.15, -0.1) is 0 Å². The zero-order valence-corrected chi connectivity index (χ0v) is 16.1. The van der Waals surface area contributed by atoms with Crippen LogP contribution in [0.4, 0.5) is 0 Å². The average Bonchev–Trinajstić information content (AvgIpc) is 3.20. The topological polar surface area (TPSA) is 92.1 Å². The Kier molecular flexibility index (Phi) is 5.01. The van der Waals surface area contributed by atoms with Crippen LogP contribution in [-0.4, -0.2) is 34.9 Å². The molecule has 144 valence electrons. The van der Waals surface area contributed by atoms with Crippen molar-refractivity contribution in [2.45, 2.75) is 0 Å². The number of esters is 1. The van der Waals surface area contributed by atoms with Crippen molar-refractivity contribution in [1.29, 1.82) is 5.41 Å². The summed E-state index contributed by atoms with van der Waals surface area (Å²) in [5.41, 5.74) is 1.17. The molecule has 1 N–H and O–H groups in total. The van der Waals surface area contributed by atoms with Crippen molar-refractivity contribution in [3.63, 3.8) is 0 Å². The molecule has 0 radical (unpaired) electrons. The third-order valence-corrected chi connectivity index (χ3v) is 4.98.